The lowest BCUT2D eigenvalue weighted by molar-refractivity contribution is 0.103. The summed E-state index contributed by atoms with van der Waals surface area (Å²) in [6.45, 7) is 0. The van der Waals surface area contributed by atoms with Gasteiger partial charge in [-0.15, -0.1) is 0 Å². The van der Waals surface area contributed by atoms with Gasteiger partial charge >= 0.3 is 0 Å². The van der Waals surface area contributed by atoms with E-state index in [4.69, 9.17) is 18.9 Å². The van der Waals surface area contributed by atoms with Crippen molar-refractivity contribution in [1.29, 1.82) is 0 Å². The molecule has 3 rings (SSSR count). The average Bonchev–Trinajstić information content (AvgIpc) is 2.72. The molecule has 0 saturated heterocycles. The van der Waals surface area contributed by atoms with Crippen LogP contribution in [0.1, 0.15) is 16.1 Å². The summed E-state index contributed by atoms with van der Waals surface area (Å²) in [4.78, 5) is 17.3. The van der Waals surface area contributed by atoms with Crippen molar-refractivity contribution in [2.45, 2.75) is 0 Å². The summed E-state index contributed by atoms with van der Waals surface area (Å²) in [5.41, 5.74) is 1.04. The molecule has 0 atom stereocenters. The van der Waals surface area contributed by atoms with E-state index < -0.39 is 0 Å². The van der Waals surface area contributed by atoms with Crippen molar-refractivity contribution in [3.63, 3.8) is 0 Å². The maximum absolute atomic E-state index is 12.9. The fraction of sp³-hybridized carbons (Fsp3) is 0.200. The molecule has 0 spiro atoms. The zero-order chi connectivity index (χ0) is 19.6. The van der Waals surface area contributed by atoms with E-state index in [1.54, 1.807) is 36.4 Å². The van der Waals surface area contributed by atoms with Crippen molar-refractivity contribution in [1.82, 2.24) is 4.98 Å². The van der Waals surface area contributed by atoms with Gasteiger partial charge in [-0.1, -0.05) is 0 Å². The molecule has 3 aromatic rings. The minimum atomic E-state index is -0.313. The number of carbonyl (C=O) groups is 1. The molecule has 0 aliphatic heterocycles. The van der Waals surface area contributed by atoms with E-state index in [1.807, 2.05) is 0 Å². The Morgan fingerprint density at radius 1 is 0.852 bits per heavy atom. The number of hydrogen-bond donors (Lipinski definition) is 1. The van der Waals surface area contributed by atoms with Crippen LogP contribution in [0.15, 0.2) is 36.4 Å². The number of phenolic OH excluding ortho intramolecular Hbond substituents is 1. The zero-order valence-electron chi connectivity index (χ0n) is 15.4. The number of ether oxygens (including phenoxy) is 4. The number of methoxy groups -OCH3 is 4. The topological polar surface area (TPSA) is 87.1 Å². The van der Waals surface area contributed by atoms with E-state index >= 15 is 0 Å². The highest BCUT2D eigenvalue weighted by atomic mass is 16.5. The molecule has 0 aliphatic rings. The molecule has 1 aromatic heterocycles. The number of aromatic nitrogens is 1. The van der Waals surface area contributed by atoms with Gasteiger partial charge in [0.05, 0.1) is 34.0 Å². The summed E-state index contributed by atoms with van der Waals surface area (Å²) < 4.78 is 20.9. The first-order valence-electron chi connectivity index (χ1n) is 8.05. The SMILES string of the molecule is COc1cc(C(=O)c2ccc3c(O)c(OC)ccc3n2)cc(OC)c1OC. The number of hydrogen-bond acceptors (Lipinski definition) is 7. The van der Waals surface area contributed by atoms with Crippen molar-refractivity contribution >= 4 is 16.7 Å². The number of aromatic hydroxyl groups is 1. The number of phenols is 1. The molecule has 0 amide bonds. The fourth-order valence-electron chi connectivity index (χ4n) is 2.82. The third-order valence-corrected chi connectivity index (χ3v) is 4.19. The minimum absolute atomic E-state index is 0.0192. The highest BCUT2D eigenvalue weighted by molar-refractivity contribution is 6.09. The van der Waals surface area contributed by atoms with Crippen LogP contribution in [0.3, 0.4) is 0 Å². The third-order valence-electron chi connectivity index (χ3n) is 4.19. The van der Waals surface area contributed by atoms with Gasteiger partial charge in [0.25, 0.3) is 0 Å². The van der Waals surface area contributed by atoms with E-state index in [1.165, 1.54) is 28.4 Å². The van der Waals surface area contributed by atoms with Crippen LogP contribution < -0.4 is 18.9 Å². The lowest BCUT2D eigenvalue weighted by atomic mass is 10.0. The summed E-state index contributed by atoms with van der Waals surface area (Å²) in [6, 6.07) is 9.60. The maximum Gasteiger partial charge on any atom is 0.211 e. The van der Waals surface area contributed by atoms with Gasteiger partial charge in [-0.05, 0) is 36.4 Å². The van der Waals surface area contributed by atoms with Crippen LogP contribution in [0.4, 0.5) is 0 Å². The average molecular weight is 369 g/mol. The molecule has 1 heterocycles. The van der Waals surface area contributed by atoms with E-state index in [2.05, 4.69) is 4.98 Å². The van der Waals surface area contributed by atoms with Crippen molar-refractivity contribution in [3.8, 4) is 28.7 Å². The van der Waals surface area contributed by atoms with Gasteiger partial charge in [0, 0.05) is 10.9 Å². The van der Waals surface area contributed by atoms with Crippen LogP contribution in [-0.2, 0) is 0 Å². The van der Waals surface area contributed by atoms with Gasteiger partial charge in [-0.25, -0.2) is 4.98 Å². The van der Waals surface area contributed by atoms with Gasteiger partial charge < -0.3 is 24.1 Å². The summed E-state index contributed by atoms with van der Waals surface area (Å²) in [5, 5.41) is 10.7. The molecule has 0 bridgehead atoms. The molecule has 1 N–H and O–H groups in total. The monoisotopic (exact) mass is 369 g/mol. The zero-order valence-corrected chi connectivity index (χ0v) is 15.4. The Labute approximate surface area is 156 Å². The molecular formula is C20H19NO6. The molecule has 0 radical (unpaired) electrons. The maximum atomic E-state index is 12.9. The fourth-order valence-corrected chi connectivity index (χ4v) is 2.82. The lowest BCUT2D eigenvalue weighted by Gasteiger charge is -2.13. The summed E-state index contributed by atoms with van der Waals surface area (Å²) in [7, 11) is 5.93. The van der Waals surface area contributed by atoms with Crippen LogP contribution in [0, 0.1) is 0 Å². The highest BCUT2D eigenvalue weighted by Gasteiger charge is 2.19. The largest absolute Gasteiger partial charge is 0.504 e. The molecule has 7 heteroatoms. The van der Waals surface area contributed by atoms with Crippen LogP contribution in [0.2, 0.25) is 0 Å². The van der Waals surface area contributed by atoms with Crippen molar-refractivity contribution < 1.29 is 28.8 Å². The molecular weight excluding hydrogens is 350 g/mol. The smallest absolute Gasteiger partial charge is 0.211 e. The Morgan fingerprint density at radius 2 is 1.48 bits per heavy atom. The minimum Gasteiger partial charge on any atom is -0.504 e. The van der Waals surface area contributed by atoms with Crippen LogP contribution >= 0.6 is 0 Å². The highest BCUT2D eigenvalue weighted by Crippen LogP contribution is 2.39. The van der Waals surface area contributed by atoms with Crippen molar-refractivity contribution in [2.24, 2.45) is 0 Å². The number of carbonyl (C=O) groups excluding carboxylic acids is 1. The number of benzene rings is 2. The number of rotatable bonds is 6. The molecule has 0 fully saturated rings. The predicted octanol–water partition coefficient (Wildman–Crippen LogP) is 3.21. The first-order valence-corrected chi connectivity index (χ1v) is 8.05. The molecule has 2 aromatic carbocycles. The van der Waals surface area contributed by atoms with Gasteiger partial charge in [-0.3, -0.25) is 4.79 Å². The van der Waals surface area contributed by atoms with Crippen LogP contribution in [-0.4, -0.2) is 44.3 Å². The number of ketones is 1. The first-order chi connectivity index (χ1) is 13.0. The molecule has 7 nitrogen and oxygen atoms in total. The standard InChI is InChI=1S/C20H19NO6/c1-24-15-8-7-13-12(19(15)23)5-6-14(21-13)18(22)11-9-16(25-2)20(27-4)17(10-11)26-3/h5-10,23H,1-4H3. The Morgan fingerprint density at radius 3 is 2.04 bits per heavy atom. The van der Waals surface area contributed by atoms with E-state index in [9.17, 15) is 9.90 Å². The summed E-state index contributed by atoms with van der Waals surface area (Å²) in [6.07, 6.45) is 0. The second-order valence-corrected chi connectivity index (χ2v) is 5.62. The van der Waals surface area contributed by atoms with Crippen LogP contribution in [0.5, 0.6) is 28.7 Å². The normalized spacial score (nSPS) is 10.5. The van der Waals surface area contributed by atoms with Gasteiger partial charge in [-0.2, -0.15) is 0 Å². The Kier molecular flexibility index (Phi) is 5.03. The second kappa shape index (κ2) is 7.41. The molecule has 0 saturated carbocycles. The lowest BCUT2D eigenvalue weighted by Crippen LogP contribution is -2.06. The Hall–Kier alpha value is -3.48. The van der Waals surface area contributed by atoms with E-state index in [0.29, 0.717) is 39.5 Å². The quantitative estimate of drug-likeness (QED) is 0.668. The first kappa shape index (κ1) is 18.3. The molecule has 0 unspecified atom stereocenters. The Balaban J connectivity index is 2.08. The summed E-state index contributed by atoms with van der Waals surface area (Å²) in [5.74, 6) is 1.17. The summed E-state index contributed by atoms with van der Waals surface area (Å²) >= 11 is 0. The number of fused-ring (bicyclic) bond motifs is 1. The molecule has 0 aliphatic carbocycles. The molecule has 27 heavy (non-hydrogen) atoms. The van der Waals surface area contributed by atoms with E-state index in [-0.39, 0.29) is 17.2 Å². The second-order valence-electron chi connectivity index (χ2n) is 5.62. The van der Waals surface area contributed by atoms with Crippen LogP contribution in [0.25, 0.3) is 10.9 Å². The molecule has 140 valence electrons. The third kappa shape index (κ3) is 3.19. The van der Waals surface area contributed by atoms with Crippen molar-refractivity contribution in [3.05, 3.63) is 47.7 Å². The van der Waals surface area contributed by atoms with Crippen molar-refractivity contribution in [2.75, 3.05) is 28.4 Å². The predicted molar refractivity (Wildman–Crippen MR) is 99.5 cm³/mol. The van der Waals surface area contributed by atoms with Gasteiger partial charge in [0.2, 0.25) is 11.5 Å². The Bertz CT molecular complexity index is 990. The number of nitrogens with zero attached hydrogens (tertiary/aromatic N) is 1. The van der Waals surface area contributed by atoms with Gasteiger partial charge in [0.15, 0.2) is 23.0 Å². The van der Waals surface area contributed by atoms with Gasteiger partial charge in [0.1, 0.15) is 5.69 Å². The number of pyridine rings is 1. The van der Waals surface area contributed by atoms with E-state index in [0.717, 1.165) is 0 Å².